The summed E-state index contributed by atoms with van der Waals surface area (Å²) in [5.74, 6) is 1.04. The number of thiazole rings is 1. The van der Waals surface area contributed by atoms with Gasteiger partial charge in [-0.25, -0.2) is 4.98 Å². The number of hydrogen-bond acceptors (Lipinski definition) is 5. The van der Waals surface area contributed by atoms with E-state index in [1.165, 1.54) is 11.3 Å². The molecule has 0 aliphatic rings. The number of nitrogens with two attached hydrogens (primary N) is 1. The zero-order valence-electron chi connectivity index (χ0n) is 11.6. The summed E-state index contributed by atoms with van der Waals surface area (Å²) in [6.07, 6.45) is 2.91. The first-order chi connectivity index (χ1) is 9.65. The monoisotopic (exact) mass is 306 g/mol. The molecule has 3 rings (SSSR count). The van der Waals surface area contributed by atoms with Gasteiger partial charge in [0.1, 0.15) is 0 Å². The molecular weight excluding hydrogens is 288 g/mol. The second-order valence-corrected chi connectivity index (χ2v) is 6.76. The van der Waals surface area contributed by atoms with Gasteiger partial charge in [0.2, 0.25) is 0 Å². The standard InChI is InChI=1S/C14H18N4S2/c1-10(15)7-12-13(16-14-18(12)4-6-20-14)17(2)8-11-3-5-19-9-11/h3-6,9-10H,7-8,15H2,1-2H3. The van der Waals surface area contributed by atoms with Gasteiger partial charge >= 0.3 is 0 Å². The number of imidazole rings is 1. The van der Waals surface area contributed by atoms with E-state index in [0.717, 1.165) is 23.7 Å². The molecule has 1 unspecified atom stereocenters. The van der Waals surface area contributed by atoms with Gasteiger partial charge in [-0.1, -0.05) is 0 Å². The molecule has 106 valence electrons. The fraction of sp³-hybridized carbons (Fsp3) is 0.357. The average Bonchev–Trinajstić information content (AvgIpc) is 3.06. The second kappa shape index (κ2) is 5.55. The fourth-order valence-electron chi connectivity index (χ4n) is 2.35. The van der Waals surface area contributed by atoms with Crippen molar-refractivity contribution >= 4 is 33.5 Å². The predicted octanol–water partition coefficient (Wildman–Crippen LogP) is 2.98. The zero-order chi connectivity index (χ0) is 14.1. The van der Waals surface area contributed by atoms with Crippen molar-refractivity contribution in [2.75, 3.05) is 11.9 Å². The summed E-state index contributed by atoms with van der Waals surface area (Å²) >= 11 is 3.39. The van der Waals surface area contributed by atoms with E-state index in [1.807, 2.05) is 6.92 Å². The molecular formula is C14H18N4S2. The second-order valence-electron chi connectivity index (χ2n) is 5.11. The lowest BCUT2D eigenvalue weighted by Crippen LogP contribution is -2.23. The molecule has 0 aliphatic carbocycles. The van der Waals surface area contributed by atoms with Crippen LogP contribution in [0.3, 0.4) is 0 Å². The van der Waals surface area contributed by atoms with Crippen LogP contribution in [0.2, 0.25) is 0 Å². The summed E-state index contributed by atoms with van der Waals surface area (Å²) < 4.78 is 2.16. The van der Waals surface area contributed by atoms with Crippen LogP contribution >= 0.6 is 22.7 Å². The van der Waals surface area contributed by atoms with Crippen LogP contribution in [0, 0.1) is 0 Å². The number of nitrogens with zero attached hydrogens (tertiary/aromatic N) is 3. The molecule has 0 bridgehead atoms. The van der Waals surface area contributed by atoms with E-state index < -0.39 is 0 Å². The quantitative estimate of drug-likeness (QED) is 0.788. The first-order valence-electron chi connectivity index (χ1n) is 6.57. The summed E-state index contributed by atoms with van der Waals surface area (Å²) in [7, 11) is 2.09. The zero-order valence-corrected chi connectivity index (χ0v) is 13.2. The lowest BCUT2D eigenvalue weighted by Gasteiger charge is -2.18. The van der Waals surface area contributed by atoms with Gasteiger partial charge in [0.05, 0.1) is 5.69 Å². The molecule has 3 aromatic rings. The Kier molecular flexibility index (Phi) is 3.78. The van der Waals surface area contributed by atoms with E-state index in [1.54, 1.807) is 22.7 Å². The normalized spacial score (nSPS) is 12.9. The van der Waals surface area contributed by atoms with Gasteiger partial charge in [0, 0.05) is 37.6 Å². The van der Waals surface area contributed by atoms with Crippen LogP contribution in [0.25, 0.3) is 4.96 Å². The summed E-state index contributed by atoms with van der Waals surface area (Å²) in [5, 5.41) is 6.35. The number of rotatable bonds is 5. The molecule has 6 heteroatoms. The van der Waals surface area contributed by atoms with Crippen LogP contribution in [0.15, 0.2) is 28.4 Å². The van der Waals surface area contributed by atoms with Crippen molar-refractivity contribution in [1.82, 2.24) is 9.38 Å². The summed E-state index contributed by atoms with van der Waals surface area (Å²) in [6.45, 7) is 2.91. The fourth-order valence-corrected chi connectivity index (χ4v) is 3.74. The Hall–Kier alpha value is -1.37. The van der Waals surface area contributed by atoms with E-state index in [9.17, 15) is 0 Å². The third-order valence-electron chi connectivity index (χ3n) is 3.22. The highest BCUT2D eigenvalue weighted by molar-refractivity contribution is 7.15. The van der Waals surface area contributed by atoms with Crippen molar-refractivity contribution in [3.8, 4) is 0 Å². The van der Waals surface area contributed by atoms with Gasteiger partial charge in [-0.3, -0.25) is 4.40 Å². The van der Waals surface area contributed by atoms with Crippen molar-refractivity contribution in [3.05, 3.63) is 39.7 Å². The molecule has 0 aliphatic heterocycles. The molecule has 0 saturated carbocycles. The summed E-state index contributed by atoms with van der Waals surface area (Å²) in [4.78, 5) is 8.00. The van der Waals surface area contributed by atoms with E-state index in [4.69, 9.17) is 10.7 Å². The highest BCUT2D eigenvalue weighted by Crippen LogP contribution is 2.26. The SMILES string of the molecule is CC(N)Cc1c(N(C)Cc2ccsc2)nc2sccn12. The van der Waals surface area contributed by atoms with E-state index in [2.05, 4.69) is 44.8 Å². The maximum atomic E-state index is 5.99. The van der Waals surface area contributed by atoms with Gasteiger partial charge in [-0.05, 0) is 29.3 Å². The number of fused-ring (bicyclic) bond motifs is 1. The van der Waals surface area contributed by atoms with E-state index in [0.29, 0.717) is 0 Å². The Morgan fingerprint density at radius 1 is 1.45 bits per heavy atom. The molecule has 3 heterocycles. The van der Waals surface area contributed by atoms with E-state index >= 15 is 0 Å². The van der Waals surface area contributed by atoms with Crippen molar-refractivity contribution in [1.29, 1.82) is 0 Å². The van der Waals surface area contributed by atoms with Crippen molar-refractivity contribution in [2.24, 2.45) is 5.73 Å². The summed E-state index contributed by atoms with van der Waals surface area (Å²) in [6, 6.07) is 2.29. The number of hydrogen-bond donors (Lipinski definition) is 1. The number of aromatic nitrogens is 2. The largest absolute Gasteiger partial charge is 0.354 e. The predicted molar refractivity (Wildman–Crippen MR) is 86.8 cm³/mol. The molecule has 0 spiro atoms. The Balaban J connectivity index is 1.94. The molecule has 3 aromatic heterocycles. The Labute approximate surface area is 126 Å². The molecule has 20 heavy (non-hydrogen) atoms. The minimum Gasteiger partial charge on any atom is -0.354 e. The topological polar surface area (TPSA) is 46.6 Å². The highest BCUT2D eigenvalue weighted by atomic mass is 32.1. The molecule has 0 radical (unpaired) electrons. The maximum absolute atomic E-state index is 5.99. The lowest BCUT2D eigenvalue weighted by atomic mass is 10.2. The third-order valence-corrected chi connectivity index (χ3v) is 4.71. The smallest absolute Gasteiger partial charge is 0.195 e. The van der Waals surface area contributed by atoms with Crippen LogP contribution in [0.4, 0.5) is 5.82 Å². The number of thiophene rings is 1. The van der Waals surface area contributed by atoms with Crippen LogP contribution in [0.5, 0.6) is 0 Å². The maximum Gasteiger partial charge on any atom is 0.195 e. The van der Waals surface area contributed by atoms with Crippen LogP contribution in [0.1, 0.15) is 18.2 Å². The molecule has 0 fully saturated rings. The van der Waals surface area contributed by atoms with Gasteiger partial charge < -0.3 is 10.6 Å². The van der Waals surface area contributed by atoms with Gasteiger partial charge in [-0.15, -0.1) is 11.3 Å². The van der Waals surface area contributed by atoms with Crippen LogP contribution in [-0.2, 0) is 13.0 Å². The van der Waals surface area contributed by atoms with Gasteiger partial charge in [-0.2, -0.15) is 11.3 Å². The Bertz CT molecular complexity index is 681. The van der Waals surface area contributed by atoms with Crippen molar-refractivity contribution < 1.29 is 0 Å². The Morgan fingerprint density at radius 2 is 2.30 bits per heavy atom. The third kappa shape index (κ3) is 2.59. The summed E-state index contributed by atoms with van der Waals surface area (Å²) in [5.41, 5.74) is 8.52. The molecule has 0 amide bonds. The lowest BCUT2D eigenvalue weighted by molar-refractivity contribution is 0.713. The molecule has 0 saturated heterocycles. The first-order valence-corrected chi connectivity index (χ1v) is 8.39. The highest BCUT2D eigenvalue weighted by Gasteiger charge is 2.17. The van der Waals surface area contributed by atoms with Gasteiger partial charge in [0.15, 0.2) is 10.8 Å². The van der Waals surface area contributed by atoms with Crippen LogP contribution in [-0.4, -0.2) is 22.5 Å². The van der Waals surface area contributed by atoms with Gasteiger partial charge in [0.25, 0.3) is 0 Å². The molecule has 4 nitrogen and oxygen atoms in total. The molecule has 0 aromatic carbocycles. The van der Waals surface area contributed by atoms with Crippen molar-refractivity contribution in [3.63, 3.8) is 0 Å². The average molecular weight is 306 g/mol. The minimum atomic E-state index is 0.128. The van der Waals surface area contributed by atoms with Crippen molar-refractivity contribution in [2.45, 2.75) is 25.9 Å². The number of anilines is 1. The van der Waals surface area contributed by atoms with Crippen LogP contribution < -0.4 is 10.6 Å². The van der Waals surface area contributed by atoms with E-state index in [-0.39, 0.29) is 6.04 Å². The molecule has 2 N–H and O–H groups in total. The Morgan fingerprint density at radius 3 is 3.00 bits per heavy atom. The first kappa shape index (κ1) is 13.6. The minimum absolute atomic E-state index is 0.128. The molecule has 1 atom stereocenters.